The Labute approximate surface area is 130 Å². The molecule has 120 valence electrons. The second-order valence-electron chi connectivity index (χ2n) is 6.19. The van der Waals surface area contributed by atoms with Gasteiger partial charge >= 0.3 is 0 Å². The zero-order valence-electron chi connectivity index (χ0n) is 15.8. The van der Waals surface area contributed by atoms with Crippen molar-refractivity contribution in [3.05, 3.63) is 36.5 Å². The van der Waals surface area contributed by atoms with Crippen molar-refractivity contribution < 1.29 is 0 Å². The average molecular weight is 281 g/mol. The average Bonchev–Trinajstić information content (AvgIpc) is 2.46. The predicted octanol–water partition coefficient (Wildman–Crippen LogP) is 7.58. The van der Waals surface area contributed by atoms with Crippen LogP contribution in [0.25, 0.3) is 0 Å². The predicted molar refractivity (Wildman–Crippen MR) is 98.3 cm³/mol. The molecule has 0 heteroatoms. The van der Waals surface area contributed by atoms with Gasteiger partial charge in [0, 0.05) is 0 Å². The Hall–Kier alpha value is -0.780. The molecule has 0 aromatic carbocycles. The van der Waals surface area contributed by atoms with Gasteiger partial charge in [-0.2, -0.15) is 0 Å². The van der Waals surface area contributed by atoms with Crippen LogP contribution in [0.1, 0.15) is 81.6 Å². The highest BCUT2D eigenvalue weighted by molar-refractivity contribution is 4.93. The minimum absolute atomic E-state index is 0.347. The molecule has 0 aliphatic rings. The van der Waals surface area contributed by atoms with Gasteiger partial charge in [0.25, 0.3) is 0 Å². The van der Waals surface area contributed by atoms with Crippen LogP contribution in [0.15, 0.2) is 36.5 Å². The van der Waals surface area contributed by atoms with E-state index in [-0.39, 0.29) is 0 Å². The van der Waals surface area contributed by atoms with E-state index >= 15 is 0 Å². The van der Waals surface area contributed by atoms with Crippen molar-refractivity contribution >= 4 is 0 Å². The second-order valence-corrected chi connectivity index (χ2v) is 6.19. The Kier molecular flexibility index (Phi) is 17.7. The summed E-state index contributed by atoms with van der Waals surface area (Å²) in [6.45, 7) is 26.9. The normalized spacial score (nSPS) is 12.3. The summed E-state index contributed by atoms with van der Waals surface area (Å²) in [5, 5.41) is 0. The first-order valence-corrected chi connectivity index (χ1v) is 8.02. The summed E-state index contributed by atoms with van der Waals surface area (Å²) < 4.78 is 0. The summed E-state index contributed by atoms with van der Waals surface area (Å²) in [4.78, 5) is 0. The molecule has 1 atom stereocenters. The highest BCUT2D eigenvalue weighted by atomic mass is 14.1. The van der Waals surface area contributed by atoms with Gasteiger partial charge < -0.3 is 0 Å². The van der Waals surface area contributed by atoms with Gasteiger partial charge in [0.05, 0.1) is 0 Å². The number of rotatable bonds is 5. The van der Waals surface area contributed by atoms with Crippen LogP contribution < -0.4 is 0 Å². The van der Waals surface area contributed by atoms with Crippen molar-refractivity contribution in [3.8, 4) is 0 Å². The fourth-order valence-electron chi connectivity index (χ4n) is 0.697. The molecule has 0 amide bonds. The molecule has 0 spiro atoms. The third-order valence-corrected chi connectivity index (χ3v) is 3.97. The Bertz CT molecular complexity index is 266. The van der Waals surface area contributed by atoms with E-state index in [2.05, 4.69) is 81.5 Å². The summed E-state index contributed by atoms with van der Waals surface area (Å²) in [6.07, 6.45) is 7.72. The molecule has 0 radical (unpaired) electrons. The third kappa shape index (κ3) is 19.6. The molecule has 0 fully saturated rings. The van der Waals surface area contributed by atoms with Gasteiger partial charge in [-0.05, 0) is 51.4 Å². The standard InChI is InChI=1S/2C7H14.C6H12/c1-5-7(3,4)6-2;1-5-7(4)6(2)3;1-4-6(3)5-2/h5H,1,6H2,2-4H3;7H,2,5H2,1,3-4H3;4H,5H2,1-3H3. The smallest absolute Gasteiger partial charge is 0.0180 e. The van der Waals surface area contributed by atoms with Crippen molar-refractivity contribution in [1.29, 1.82) is 0 Å². The van der Waals surface area contributed by atoms with Crippen LogP contribution in [0, 0.1) is 11.3 Å². The summed E-state index contributed by atoms with van der Waals surface area (Å²) >= 11 is 0. The molecule has 0 nitrogen and oxygen atoms in total. The van der Waals surface area contributed by atoms with E-state index in [9.17, 15) is 0 Å². The SMILES string of the molecule is C=C(C)C(C)CC.C=CC(C)(C)CC.CC=C(C)CC. The highest BCUT2D eigenvalue weighted by Gasteiger charge is 2.06. The van der Waals surface area contributed by atoms with Crippen molar-refractivity contribution in [1.82, 2.24) is 0 Å². The van der Waals surface area contributed by atoms with Gasteiger partial charge in [0.2, 0.25) is 0 Å². The van der Waals surface area contributed by atoms with Gasteiger partial charge in [-0.15, -0.1) is 6.58 Å². The fraction of sp³-hybridized carbons (Fsp3) is 0.700. The van der Waals surface area contributed by atoms with Crippen LogP contribution in [-0.2, 0) is 0 Å². The first kappa shape index (κ1) is 24.3. The topological polar surface area (TPSA) is 0 Å². The van der Waals surface area contributed by atoms with Crippen LogP contribution in [0.4, 0.5) is 0 Å². The lowest BCUT2D eigenvalue weighted by Gasteiger charge is -2.14. The fourth-order valence-corrected chi connectivity index (χ4v) is 0.697. The van der Waals surface area contributed by atoms with E-state index in [0.717, 1.165) is 0 Å². The summed E-state index contributed by atoms with van der Waals surface area (Å²) in [5.41, 5.74) is 3.11. The van der Waals surface area contributed by atoms with E-state index in [1.54, 1.807) is 0 Å². The number of hydrogen-bond donors (Lipinski definition) is 0. The molecule has 20 heavy (non-hydrogen) atoms. The van der Waals surface area contributed by atoms with E-state index < -0.39 is 0 Å². The number of hydrogen-bond acceptors (Lipinski definition) is 0. The minimum atomic E-state index is 0.347. The Morgan fingerprint density at radius 1 is 1.15 bits per heavy atom. The molecule has 0 aliphatic carbocycles. The Balaban J connectivity index is -0.000000218. The Morgan fingerprint density at radius 2 is 1.60 bits per heavy atom. The third-order valence-electron chi connectivity index (χ3n) is 3.97. The van der Waals surface area contributed by atoms with Crippen molar-refractivity contribution in [2.45, 2.75) is 81.6 Å². The van der Waals surface area contributed by atoms with Gasteiger partial charge in [0.15, 0.2) is 0 Å². The molecule has 0 N–H and O–H groups in total. The zero-order chi connectivity index (χ0) is 16.8. The second kappa shape index (κ2) is 14.6. The molecule has 1 unspecified atom stereocenters. The maximum absolute atomic E-state index is 3.83. The van der Waals surface area contributed by atoms with Crippen molar-refractivity contribution in [2.24, 2.45) is 11.3 Å². The quantitative estimate of drug-likeness (QED) is 0.455. The minimum Gasteiger partial charge on any atom is -0.103 e. The summed E-state index contributed by atoms with van der Waals surface area (Å²) in [5.74, 6) is 0.708. The molecular formula is C20H40. The van der Waals surface area contributed by atoms with E-state index in [0.29, 0.717) is 11.3 Å². The number of allylic oxidation sites excluding steroid dienone is 4. The van der Waals surface area contributed by atoms with E-state index in [1.807, 2.05) is 6.08 Å². The van der Waals surface area contributed by atoms with Gasteiger partial charge in [-0.1, -0.05) is 71.4 Å². The van der Waals surface area contributed by atoms with Crippen molar-refractivity contribution in [2.75, 3.05) is 0 Å². The van der Waals surface area contributed by atoms with Crippen LogP contribution in [-0.4, -0.2) is 0 Å². The van der Waals surface area contributed by atoms with Gasteiger partial charge in [0.1, 0.15) is 0 Å². The molecule has 0 aliphatic heterocycles. The molecule has 0 saturated carbocycles. The monoisotopic (exact) mass is 280 g/mol. The lowest BCUT2D eigenvalue weighted by Crippen LogP contribution is -2.02. The molecule has 0 saturated heterocycles. The molecular weight excluding hydrogens is 240 g/mol. The van der Waals surface area contributed by atoms with Gasteiger partial charge in [-0.3, -0.25) is 0 Å². The first-order chi connectivity index (χ1) is 9.11. The van der Waals surface area contributed by atoms with Crippen LogP contribution in [0.3, 0.4) is 0 Å². The van der Waals surface area contributed by atoms with Crippen LogP contribution >= 0.6 is 0 Å². The van der Waals surface area contributed by atoms with Crippen molar-refractivity contribution in [3.63, 3.8) is 0 Å². The molecule has 0 aromatic rings. The highest BCUT2D eigenvalue weighted by Crippen LogP contribution is 2.19. The van der Waals surface area contributed by atoms with Gasteiger partial charge in [-0.25, -0.2) is 0 Å². The molecule has 0 rings (SSSR count). The maximum atomic E-state index is 3.83. The Morgan fingerprint density at radius 3 is 1.60 bits per heavy atom. The largest absolute Gasteiger partial charge is 0.103 e. The molecule has 0 aromatic heterocycles. The lowest BCUT2D eigenvalue weighted by atomic mass is 9.91. The lowest BCUT2D eigenvalue weighted by molar-refractivity contribution is 0.463. The van der Waals surface area contributed by atoms with E-state index in [1.165, 1.54) is 30.4 Å². The molecule has 0 bridgehead atoms. The summed E-state index contributed by atoms with van der Waals surface area (Å²) in [6, 6.07) is 0. The van der Waals surface area contributed by atoms with Crippen LogP contribution in [0.2, 0.25) is 0 Å². The maximum Gasteiger partial charge on any atom is -0.0180 e. The van der Waals surface area contributed by atoms with E-state index in [4.69, 9.17) is 0 Å². The first-order valence-electron chi connectivity index (χ1n) is 8.02. The van der Waals surface area contributed by atoms with Crippen LogP contribution in [0.5, 0.6) is 0 Å². The zero-order valence-corrected chi connectivity index (χ0v) is 15.8. The molecule has 0 heterocycles. The summed E-state index contributed by atoms with van der Waals surface area (Å²) in [7, 11) is 0.